The van der Waals surface area contributed by atoms with Crippen LogP contribution < -0.4 is 5.73 Å². The number of rotatable bonds is 3. The van der Waals surface area contributed by atoms with Crippen LogP contribution in [0.3, 0.4) is 0 Å². The van der Waals surface area contributed by atoms with E-state index in [4.69, 9.17) is 5.73 Å². The van der Waals surface area contributed by atoms with Gasteiger partial charge < -0.3 is 10.3 Å². The highest BCUT2D eigenvalue weighted by Gasteiger charge is 2.20. The smallest absolute Gasteiger partial charge is 0.286 e. The van der Waals surface area contributed by atoms with Crippen molar-refractivity contribution < 1.29 is 4.79 Å². The highest BCUT2D eigenvalue weighted by Crippen LogP contribution is 2.30. The second-order valence-corrected chi connectivity index (χ2v) is 5.47. The van der Waals surface area contributed by atoms with E-state index in [1.54, 1.807) is 0 Å². The summed E-state index contributed by atoms with van der Waals surface area (Å²) >= 11 is 1.21. The second-order valence-electron chi connectivity index (χ2n) is 4.41. The summed E-state index contributed by atoms with van der Waals surface area (Å²) in [7, 11) is 0. The SMILES string of the molecule is C=CCn1cc(/C=C2\SC(N)=NC2=O)c2ccccc21. The summed E-state index contributed by atoms with van der Waals surface area (Å²) in [6, 6.07) is 8.07. The number of hydrogen-bond donors (Lipinski definition) is 1. The van der Waals surface area contributed by atoms with E-state index in [1.807, 2.05) is 36.5 Å². The molecule has 0 fully saturated rings. The second kappa shape index (κ2) is 5.02. The van der Waals surface area contributed by atoms with E-state index in [0.29, 0.717) is 10.1 Å². The largest absolute Gasteiger partial charge is 0.378 e. The summed E-state index contributed by atoms with van der Waals surface area (Å²) < 4.78 is 2.10. The van der Waals surface area contributed by atoms with Crippen LogP contribution in [0.25, 0.3) is 17.0 Å². The average Bonchev–Trinajstić information content (AvgIpc) is 2.93. The number of allylic oxidation sites excluding steroid dienone is 1. The maximum absolute atomic E-state index is 11.7. The van der Waals surface area contributed by atoms with Gasteiger partial charge in [0.15, 0.2) is 5.17 Å². The molecule has 4 nitrogen and oxygen atoms in total. The number of aliphatic imine (C=N–C) groups is 1. The number of hydrogen-bond acceptors (Lipinski definition) is 3. The van der Waals surface area contributed by atoms with Crippen molar-refractivity contribution in [1.29, 1.82) is 0 Å². The Bertz CT molecular complexity index is 771. The number of carbonyl (C=O) groups excluding carboxylic acids is 1. The number of nitrogens with two attached hydrogens (primary N) is 1. The van der Waals surface area contributed by atoms with Crippen LogP contribution in [0, 0.1) is 0 Å². The van der Waals surface area contributed by atoms with Crippen LogP contribution >= 0.6 is 11.8 Å². The Hall–Kier alpha value is -2.27. The molecular weight excluding hydrogens is 270 g/mol. The highest BCUT2D eigenvalue weighted by molar-refractivity contribution is 8.18. The van der Waals surface area contributed by atoms with Crippen molar-refractivity contribution in [1.82, 2.24) is 4.57 Å². The third-order valence-corrected chi connectivity index (χ3v) is 3.88. The van der Waals surface area contributed by atoms with E-state index in [9.17, 15) is 4.79 Å². The van der Waals surface area contributed by atoms with E-state index in [-0.39, 0.29) is 5.91 Å². The molecule has 0 spiro atoms. The van der Waals surface area contributed by atoms with Crippen molar-refractivity contribution in [3.8, 4) is 0 Å². The number of nitrogens with zero attached hydrogens (tertiary/aromatic N) is 2. The molecule has 0 saturated carbocycles. The van der Waals surface area contributed by atoms with Gasteiger partial charge >= 0.3 is 0 Å². The van der Waals surface area contributed by atoms with Gasteiger partial charge in [-0.25, -0.2) is 0 Å². The first-order valence-electron chi connectivity index (χ1n) is 6.16. The van der Waals surface area contributed by atoms with E-state index < -0.39 is 0 Å². The molecule has 2 heterocycles. The number of aromatic nitrogens is 1. The molecule has 1 amide bonds. The van der Waals surface area contributed by atoms with Gasteiger partial charge in [0.25, 0.3) is 5.91 Å². The Kier molecular flexibility index (Phi) is 3.20. The number of amides is 1. The molecule has 5 heteroatoms. The molecule has 1 aromatic carbocycles. The van der Waals surface area contributed by atoms with Crippen molar-refractivity contribution in [3.05, 3.63) is 53.6 Å². The maximum Gasteiger partial charge on any atom is 0.286 e. The fourth-order valence-electron chi connectivity index (χ4n) is 2.25. The Morgan fingerprint density at radius 2 is 2.20 bits per heavy atom. The minimum atomic E-state index is -0.270. The summed E-state index contributed by atoms with van der Waals surface area (Å²) in [6.45, 7) is 4.49. The number of carbonyl (C=O) groups is 1. The summed E-state index contributed by atoms with van der Waals surface area (Å²) in [6.07, 6.45) is 5.71. The molecule has 1 aromatic heterocycles. The Balaban J connectivity index is 2.11. The van der Waals surface area contributed by atoms with Gasteiger partial charge in [0.2, 0.25) is 0 Å². The zero-order valence-corrected chi connectivity index (χ0v) is 11.6. The third-order valence-electron chi connectivity index (χ3n) is 3.07. The molecule has 2 N–H and O–H groups in total. The number of thioether (sulfide) groups is 1. The maximum atomic E-state index is 11.7. The lowest BCUT2D eigenvalue weighted by Crippen LogP contribution is -2.01. The molecule has 0 aliphatic carbocycles. The lowest BCUT2D eigenvalue weighted by atomic mass is 10.1. The summed E-state index contributed by atoms with van der Waals surface area (Å²) in [5.74, 6) is -0.270. The molecule has 100 valence electrons. The fraction of sp³-hybridized carbons (Fsp3) is 0.0667. The lowest BCUT2D eigenvalue weighted by molar-refractivity contribution is -0.113. The number of fused-ring (bicyclic) bond motifs is 1. The average molecular weight is 283 g/mol. The molecule has 0 unspecified atom stereocenters. The minimum absolute atomic E-state index is 0.270. The van der Waals surface area contributed by atoms with Gasteiger partial charge in [-0.1, -0.05) is 24.3 Å². The molecule has 3 rings (SSSR count). The van der Waals surface area contributed by atoms with Gasteiger partial charge in [0.1, 0.15) is 0 Å². The van der Waals surface area contributed by atoms with Crippen molar-refractivity contribution >= 4 is 39.8 Å². The van der Waals surface area contributed by atoms with Crippen LogP contribution in [0.4, 0.5) is 0 Å². The molecule has 1 aliphatic rings. The van der Waals surface area contributed by atoms with Crippen molar-refractivity contribution in [3.63, 3.8) is 0 Å². The monoisotopic (exact) mass is 283 g/mol. The Labute approximate surface area is 120 Å². The standard InChI is InChI=1S/C15H13N3OS/c1-2-7-18-9-10(11-5-3-4-6-12(11)18)8-13-14(19)17-15(16)20-13/h2-6,8-9H,1,7H2,(H2,16,17,19)/b13-8-. The summed E-state index contributed by atoms with van der Waals surface area (Å²) in [4.78, 5) is 16.0. The molecule has 1 aliphatic heterocycles. The Morgan fingerprint density at radius 3 is 2.90 bits per heavy atom. The van der Waals surface area contributed by atoms with Crippen LogP contribution in [0.1, 0.15) is 5.56 Å². The minimum Gasteiger partial charge on any atom is -0.378 e. The van der Waals surface area contributed by atoms with E-state index in [0.717, 1.165) is 23.0 Å². The first-order valence-corrected chi connectivity index (χ1v) is 6.97. The van der Waals surface area contributed by atoms with Gasteiger partial charge in [0, 0.05) is 29.2 Å². The lowest BCUT2D eigenvalue weighted by Gasteiger charge is -1.98. The number of amidine groups is 1. The number of para-hydroxylation sites is 1. The van der Waals surface area contributed by atoms with Gasteiger partial charge in [-0.05, 0) is 23.9 Å². The number of benzene rings is 1. The molecular formula is C15H13N3OS. The molecule has 0 bridgehead atoms. The predicted octanol–water partition coefficient (Wildman–Crippen LogP) is 2.76. The predicted molar refractivity (Wildman–Crippen MR) is 84.3 cm³/mol. The molecule has 2 aromatic rings. The van der Waals surface area contributed by atoms with Crippen molar-refractivity contribution in [2.75, 3.05) is 0 Å². The normalized spacial score (nSPS) is 16.9. The first-order chi connectivity index (χ1) is 9.69. The molecule has 0 saturated heterocycles. The van der Waals surface area contributed by atoms with Crippen molar-refractivity contribution in [2.45, 2.75) is 6.54 Å². The third kappa shape index (κ3) is 2.16. The van der Waals surface area contributed by atoms with Crippen LogP contribution in [0.15, 0.2) is 53.0 Å². The quantitative estimate of drug-likeness (QED) is 0.696. The summed E-state index contributed by atoms with van der Waals surface area (Å²) in [5.41, 5.74) is 7.67. The van der Waals surface area contributed by atoms with Crippen LogP contribution in [0.5, 0.6) is 0 Å². The Morgan fingerprint density at radius 1 is 1.40 bits per heavy atom. The van der Waals surface area contributed by atoms with E-state index >= 15 is 0 Å². The van der Waals surface area contributed by atoms with Gasteiger partial charge in [-0.3, -0.25) is 4.79 Å². The first kappa shape index (κ1) is 12.7. The highest BCUT2D eigenvalue weighted by atomic mass is 32.2. The topological polar surface area (TPSA) is 60.4 Å². The van der Waals surface area contributed by atoms with E-state index in [2.05, 4.69) is 22.2 Å². The summed E-state index contributed by atoms with van der Waals surface area (Å²) in [5, 5.41) is 1.40. The fourth-order valence-corrected chi connectivity index (χ4v) is 2.92. The molecule has 20 heavy (non-hydrogen) atoms. The van der Waals surface area contributed by atoms with Gasteiger partial charge in [0.05, 0.1) is 4.91 Å². The molecule has 0 radical (unpaired) electrons. The van der Waals surface area contributed by atoms with Crippen LogP contribution in [-0.2, 0) is 11.3 Å². The van der Waals surface area contributed by atoms with Crippen molar-refractivity contribution in [2.24, 2.45) is 10.7 Å². The van der Waals surface area contributed by atoms with Crippen LogP contribution in [-0.4, -0.2) is 15.6 Å². The van der Waals surface area contributed by atoms with E-state index in [1.165, 1.54) is 11.8 Å². The zero-order chi connectivity index (χ0) is 14.1. The van der Waals surface area contributed by atoms with Crippen LogP contribution in [0.2, 0.25) is 0 Å². The van der Waals surface area contributed by atoms with Gasteiger partial charge in [-0.2, -0.15) is 4.99 Å². The molecule has 0 atom stereocenters. The zero-order valence-electron chi connectivity index (χ0n) is 10.7. The van der Waals surface area contributed by atoms with Gasteiger partial charge in [-0.15, -0.1) is 6.58 Å².